The number of nitrogens with one attached hydrogen (secondary N) is 1. The zero-order valence-corrected chi connectivity index (χ0v) is 12.1. The van der Waals surface area contributed by atoms with Crippen LogP contribution in [0.3, 0.4) is 0 Å². The minimum absolute atomic E-state index is 0.312. The second kappa shape index (κ2) is 5.35. The molecule has 1 saturated heterocycles. The van der Waals surface area contributed by atoms with E-state index >= 15 is 0 Å². The minimum Gasteiger partial charge on any atom is -0.374 e. The summed E-state index contributed by atoms with van der Waals surface area (Å²) in [7, 11) is 0. The highest BCUT2D eigenvalue weighted by atomic mass is 15.2. The van der Waals surface area contributed by atoms with Crippen LogP contribution in [0.5, 0.6) is 0 Å². The molecule has 1 aliphatic carbocycles. The molecule has 21 heavy (non-hydrogen) atoms. The van der Waals surface area contributed by atoms with E-state index in [1.807, 2.05) is 24.5 Å². The lowest BCUT2D eigenvalue weighted by Gasteiger charge is -2.22. The van der Waals surface area contributed by atoms with Crippen LogP contribution in [0, 0.1) is 0 Å². The van der Waals surface area contributed by atoms with E-state index in [1.165, 1.54) is 24.1 Å². The maximum atomic E-state index is 4.60. The van der Waals surface area contributed by atoms with Gasteiger partial charge in [-0.25, -0.2) is 4.98 Å². The monoisotopic (exact) mass is 280 g/mol. The summed E-state index contributed by atoms with van der Waals surface area (Å²) in [5.41, 5.74) is 3.72. The summed E-state index contributed by atoms with van der Waals surface area (Å²) in [6.07, 6.45) is 8.54. The molecular formula is C17H20N4. The molecule has 0 amide bonds. The van der Waals surface area contributed by atoms with Crippen LogP contribution in [-0.4, -0.2) is 23.1 Å². The van der Waals surface area contributed by atoms with E-state index in [9.17, 15) is 0 Å². The molecule has 2 aromatic rings. The van der Waals surface area contributed by atoms with Crippen LogP contribution in [-0.2, 0) is 6.42 Å². The Morgan fingerprint density at radius 3 is 2.76 bits per heavy atom. The summed E-state index contributed by atoms with van der Waals surface area (Å²) in [5, 5.41) is 3.68. The normalized spacial score (nSPS) is 20.6. The van der Waals surface area contributed by atoms with Crippen LogP contribution in [0.25, 0.3) is 0 Å². The maximum absolute atomic E-state index is 4.60. The molecule has 108 valence electrons. The summed E-state index contributed by atoms with van der Waals surface area (Å²) in [4.78, 5) is 11.6. The number of hydrogen-bond acceptors (Lipinski definition) is 4. The van der Waals surface area contributed by atoms with Gasteiger partial charge in [-0.1, -0.05) is 6.07 Å². The third-order valence-electron chi connectivity index (χ3n) is 4.48. The SMILES string of the molecule is c1cnc2c(c1)CCC2Nc1cccnc1N1CCCC1. The smallest absolute Gasteiger partial charge is 0.151 e. The van der Waals surface area contributed by atoms with Crippen molar-refractivity contribution in [3.05, 3.63) is 47.9 Å². The summed E-state index contributed by atoms with van der Waals surface area (Å²) in [6, 6.07) is 8.68. The van der Waals surface area contributed by atoms with Gasteiger partial charge in [-0.2, -0.15) is 0 Å². The summed E-state index contributed by atoms with van der Waals surface area (Å²) in [6.45, 7) is 2.23. The van der Waals surface area contributed by atoms with Gasteiger partial charge in [0, 0.05) is 25.5 Å². The van der Waals surface area contributed by atoms with Gasteiger partial charge in [-0.3, -0.25) is 4.98 Å². The standard InChI is InChI=1S/C17H20N4/c1-2-12-21(11-1)17-15(6-4-10-19-17)20-14-8-7-13-5-3-9-18-16(13)14/h3-6,9-10,14,20H,1-2,7-8,11-12H2. The van der Waals surface area contributed by atoms with Crippen molar-refractivity contribution >= 4 is 11.5 Å². The molecule has 3 heterocycles. The zero-order valence-electron chi connectivity index (χ0n) is 12.1. The lowest BCUT2D eigenvalue weighted by Crippen LogP contribution is -2.21. The highest BCUT2D eigenvalue weighted by Gasteiger charge is 2.25. The largest absolute Gasteiger partial charge is 0.374 e. The van der Waals surface area contributed by atoms with Gasteiger partial charge in [0.2, 0.25) is 0 Å². The van der Waals surface area contributed by atoms with E-state index in [1.54, 1.807) is 0 Å². The number of aromatic nitrogens is 2. The highest BCUT2D eigenvalue weighted by Crippen LogP contribution is 2.35. The molecule has 0 aromatic carbocycles. The molecule has 1 atom stereocenters. The van der Waals surface area contributed by atoms with Gasteiger partial charge < -0.3 is 10.2 Å². The van der Waals surface area contributed by atoms with Crippen LogP contribution in [0.2, 0.25) is 0 Å². The molecule has 4 heteroatoms. The number of rotatable bonds is 3. The molecule has 2 aliphatic rings. The van der Waals surface area contributed by atoms with Crippen molar-refractivity contribution < 1.29 is 0 Å². The molecule has 4 rings (SSSR count). The number of anilines is 2. The van der Waals surface area contributed by atoms with Crippen molar-refractivity contribution in [2.75, 3.05) is 23.3 Å². The highest BCUT2D eigenvalue weighted by molar-refractivity contribution is 5.66. The van der Waals surface area contributed by atoms with Gasteiger partial charge in [0.1, 0.15) is 0 Å². The number of aryl methyl sites for hydroxylation is 1. The molecular weight excluding hydrogens is 260 g/mol. The molecule has 1 N–H and O–H groups in total. The fourth-order valence-electron chi connectivity index (χ4n) is 3.43. The number of hydrogen-bond donors (Lipinski definition) is 1. The fourth-order valence-corrected chi connectivity index (χ4v) is 3.43. The molecule has 1 unspecified atom stereocenters. The average Bonchev–Trinajstić information content (AvgIpc) is 3.18. The Morgan fingerprint density at radius 1 is 1.05 bits per heavy atom. The lowest BCUT2D eigenvalue weighted by atomic mass is 10.2. The Kier molecular flexibility index (Phi) is 3.22. The van der Waals surface area contributed by atoms with Crippen LogP contribution in [0.1, 0.15) is 36.6 Å². The Balaban J connectivity index is 1.61. The lowest BCUT2D eigenvalue weighted by molar-refractivity contribution is 0.744. The Hall–Kier alpha value is -2.10. The molecule has 0 saturated carbocycles. The summed E-state index contributed by atoms with van der Waals surface area (Å²) >= 11 is 0. The predicted molar refractivity (Wildman–Crippen MR) is 84.6 cm³/mol. The van der Waals surface area contributed by atoms with Crippen molar-refractivity contribution in [3.8, 4) is 0 Å². The Morgan fingerprint density at radius 2 is 1.86 bits per heavy atom. The fraction of sp³-hybridized carbons (Fsp3) is 0.412. The van der Waals surface area contributed by atoms with Crippen molar-refractivity contribution in [2.45, 2.75) is 31.7 Å². The van der Waals surface area contributed by atoms with Crippen LogP contribution < -0.4 is 10.2 Å². The molecule has 0 radical (unpaired) electrons. The quantitative estimate of drug-likeness (QED) is 0.937. The predicted octanol–water partition coefficient (Wildman–Crippen LogP) is 3.18. The molecule has 0 bridgehead atoms. The first kappa shape index (κ1) is 12.6. The van der Waals surface area contributed by atoms with Gasteiger partial charge in [-0.15, -0.1) is 0 Å². The van der Waals surface area contributed by atoms with Crippen LogP contribution >= 0.6 is 0 Å². The van der Waals surface area contributed by atoms with Crippen LogP contribution in [0.15, 0.2) is 36.7 Å². The van der Waals surface area contributed by atoms with Gasteiger partial charge in [-0.05, 0) is 49.4 Å². The molecule has 1 fully saturated rings. The maximum Gasteiger partial charge on any atom is 0.151 e. The minimum atomic E-state index is 0.312. The third-order valence-corrected chi connectivity index (χ3v) is 4.48. The number of pyridine rings is 2. The summed E-state index contributed by atoms with van der Waals surface area (Å²) in [5.74, 6) is 1.10. The van der Waals surface area contributed by atoms with Crippen molar-refractivity contribution in [1.82, 2.24) is 9.97 Å². The second-order valence-electron chi connectivity index (χ2n) is 5.85. The Bertz CT molecular complexity index is 634. The zero-order chi connectivity index (χ0) is 14.1. The molecule has 0 spiro atoms. The van der Waals surface area contributed by atoms with Gasteiger partial charge in [0.05, 0.1) is 17.4 Å². The van der Waals surface area contributed by atoms with Gasteiger partial charge >= 0.3 is 0 Å². The van der Waals surface area contributed by atoms with E-state index in [2.05, 4.69) is 32.3 Å². The van der Waals surface area contributed by atoms with Gasteiger partial charge in [0.25, 0.3) is 0 Å². The number of nitrogens with zero attached hydrogens (tertiary/aromatic N) is 3. The first-order valence-electron chi connectivity index (χ1n) is 7.82. The van der Waals surface area contributed by atoms with E-state index in [0.717, 1.165) is 37.4 Å². The second-order valence-corrected chi connectivity index (χ2v) is 5.85. The van der Waals surface area contributed by atoms with E-state index < -0.39 is 0 Å². The topological polar surface area (TPSA) is 41.1 Å². The van der Waals surface area contributed by atoms with Crippen LogP contribution in [0.4, 0.5) is 11.5 Å². The molecule has 2 aromatic heterocycles. The molecule has 4 nitrogen and oxygen atoms in total. The summed E-state index contributed by atoms with van der Waals surface area (Å²) < 4.78 is 0. The third kappa shape index (κ3) is 2.35. The van der Waals surface area contributed by atoms with E-state index in [4.69, 9.17) is 0 Å². The van der Waals surface area contributed by atoms with Gasteiger partial charge in [0.15, 0.2) is 5.82 Å². The molecule has 1 aliphatic heterocycles. The number of fused-ring (bicyclic) bond motifs is 1. The van der Waals surface area contributed by atoms with E-state index in [-0.39, 0.29) is 0 Å². The van der Waals surface area contributed by atoms with Crippen molar-refractivity contribution in [3.63, 3.8) is 0 Å². The van der Waals surface area contributed by atoms with Crippen molar-refractivity contribution in [1.29, 1.82) is 0 Å². The average molecular weight is 280 g/mol. The van der Waals surface area contributed by atoms with Crippen molar-refractivity contribution in [2.24, 2.45) is 0 Å². The Labute approximate surface area is 125 Å². The first-order chi connectivity index (χ1) is 10.4. The van der Waals surface area contributed by atoms with E-state index in [0.29, 0.717) is 6.04 Å². The first-order valence-corrected chi connectivity index (χ1v) is 7.82.